The number of hydrogen-bond acceptors (Lipinski definition) is 5. The maximum absolute atomic E-state index is 12.7. The van der Waals surface area contributed by atoms with Crippen LogP contribution in [0.25, 0.3) is 22.0 Å². The van der Waals surface area contributed by atoms with Crippen molar-refractivity contribution in [3.8, 4) is 22.8 Å². The van der Waals surface area contributed by atoms with Gasteiger partial charge in [0.15, 0.2) is 0 Å². The molecule has 1 aromatic carbocycles. The first-order valence-corrected chi connectivity index (χ1v) is 12.2. The number of aromatic nitrogens is 2. The second-order valence-electron chi connectivity index (χ2n) is 8.29. The van der Waals surface area contributed by atoms with Gasteiger partial charge >= 0.3 is 5.97 Å². The van der Waals surface area contributed by atoms with Gasteiger partial charge < -0.3 is 18.6 Å². The number of H-pyrrole nitrogens is 1. The van der Waals surface area contributed by atoms with E-state index in [1.807, 2.05) is 30.3 Å². The molecule has 3 aromatic rings. The molecule has 0 aliphatic carbocycles. The fraction of sp³-hybridized carbons (Fsp3) is 0.391. The normalized spacial score (nSPS) is 12.6. The summed E-state index contributed by atoms with van der Waals surface area (Å²) in [5.41, 5.74) is 2.60. The number of pyridine rings is 1. The average Bonchev–Trinajstić information content (AvgIpc) is 3.05. The molecule has 0 saturated heterocycles. The number of rotatable bonds is 6. The minimum Gasteiger partial charge on any atom is -0.481 e. The van der Waals surface area contributed by atoms with E-state index in [2.05, 4.69) is 43.3 Å². The highest BCUT2D eigenvalue weighted by Gasteiger charge is 2.30. The molecule has 0 radical (unpaired) electrons. The zero-order chi connectivity index (χ0) is 22.1. The van der Waals surface area contributed by atoms with E-state index in [1.54, 1.807) is 20.2 Å². The number of esters is 1. The first-order valence-electron chi connectivity index (χ1n) is 9.83. The molecule has 0 bridgehead atoms. The summed E-state index contributed by atoms with van der Waals surface area (Å²) in [6, 6.07) is 9.53. The fourth-order valence-corrected chi connectivity index (χ4v) is 3.80. The van der Waals surface area contributed by atoms with Gasteiger partial charge in [0.25, 0.3) is 0 Å². The Hall–Kier alpha value is -2.67. The minimum atomic E-state index is -1.37. The molecule has 7 heteroatoms. The fourth-order valence-electron chi connectivity index (χ4n) is 2.97. The summed E-state index contributed by atoms with van der Waals surface area (Å²) in [6.45, 7) is 8.62. The first-order chi connectivity index (χ1) is 14.1. The molecule has 0 aliphatic rings. The second-order valence-corrected chi connectivity index (χ2v) is 12.1. The third kappa shape index (κ3) is 4.12. The van der Waals surface area contributed by atoms with Crippen molar-refractivity contribution in [1.82, 2.24) is 9.97 Å². The van der Waals surface area contributed by atoms with Crippen molar-refractivity contribution in [2.24, 2.45) is 0 Å². The summed E-state index contributed by atoms with van der Waals surface area (Å²) in [5.74, 6) is 0.782. The Morgan fingerprint density at radius 1 is 1.20 bits per heavy atom. The summed E-state index contributed by atoms with van der Waals surface area (Å²) in [7, 11) is 0.197. The number of benzene rings is 1. The van der Waals surface area contributed by atoms with Gasteiger partial charge in [0.2, 0.25) is 5.88 Å². The molecular formula is C23H30N2O4S. The van der Waals surface area contributed by atoms with Gasteiger partial charge in [-0.1, -0.05) is 10.3 Å². The summed E-state index contributed by atoms with van der Waals surface area (Å²) < 4.78 is 17.2. The zero-order valence-corrected chi connectivity index (χ0v) is 19.5. The van der Waals surface area contributed by atoms with E-state index < -0.39 is 16.3 Å². The van der Waals surface area contributed by atoms with Crippen molar-refractivity contribution in [2.75, 3.05) is 26.2 Å². The van der Waals surface area contributed by atoms with Crippen molar-refractivity contribution in [1.29, 1.82) is 0 Å². The molecule has 0 spiro atoms. The number of fused-ring (bicyclic) bond motifs is 1. The largest absolute Gasteiger partial charge is 0.481 e. The third-order valence-electron chi connectivity index (χ3n) is 5.26. The van der Waals surface area contributed by atoms with Gasteiger partial charge in [0.1, 0.15) is 11.4 Å². The molecule has 0 atom stereocenters. The van der Waals surface area contributed by atoms with Gasteiger partial charge in [-0.2, -0.15) is 0 Å². The Morgan fingerprint density at radius 2 is 1.93 bits per heavy atom. The quantitative estimate of drug-likeness (QED) is 0.517. The van der Waals surface area contributed by atoms with E-state index in [4.69, 9.17) is 13.7 Å². The van der Waals surface area contributed by atoms with Crippen LogP contribution in [0, 0.1) is 0 Å². The Bertz CT molecular complexity index is 1070. The van der Waals surface area contributed by atoms with Crippen LogP contribution in [-0.4, -0.2) is 46.9 Å². The molecule has 1 N–H and O–H groups in total. The van der Waals surface area contributed by atoms with Crippen LogP contribution in [0.15, 0.2) is 36.5 Å². The molecule has 30 heavy (non-hydrogen) atoms. The lowest BCUT2D eigenvalue weighted by Gasteiger charge is -2.43. The number of nitrogens with one attached hydrogen (secondary N) is 1. The smallest absolute Gasteiger partial charge is 0.355 e. The van der Waals surface area contributed by atoms with E-state index in [-0.39, 0.29) is 11.4 Å². The summed E-state index contributed by atoms with van der Waals surface area (Å²) >= 11 is 0. The lowest BCUT2D eigenvalue weighted by molar-refractivity contribution is 0.0521. The Kier molecular flexibility index (Phi) is 6.04. The lowest BCUT2D eigenvalue weighted by atomic mass is 10.0. The van der Waals surface area contributed by atoms with Crippen LogP contribution >= 0.6 is 10.3 Å². The number of hydrogen-bond donors (Lipinski definition) is 1. The van der Waals surface area contributed by atoms with Crippen LogP contribution < -0.4 is 8.92 Å². The second kappa shape index (κ2) is 8.22. The van der Waals surface area contributed by atoms with Crippen LogP contribution in [0.2, 0.25) is 0 Å². The highest BCUT2D eigenvalue weighted by atomic mass is 32.3. The third-order valence-corrected chi connectivity index (χ3v) is 8.82. The number of carbonyl (C=O) groups excluding carboxylic acids is 1. The molecule has 0 aliphatic heterocycles. The summed E-state index contributed by atoms with van der Waals surface area (Å²) in [6.07, 6.45) is 5.97. The zero-order valence-electron chi connectivity index (χ0n) is 18.7. The van der Waals surface area contributed by atoms with Crippen LogP contribution in [0.5, 0.6) is 11.6 Å². The topological polar surface area (TPSA) is 73.4 Å². The number of ether oxygens (including phenoxy) is 2. The van der Waals surface area contributed by atoms with E-state index in [9.17, 15) is 4.79 Å². The minimum absolute atomic E-state index is 0.0194. The van der Waals surface area contributed by atoms with Crippen LogP contribution in [-0.2, 0) is 4.74 Å². The molecule has 3 rings (SSSR count). The van der Waals surface area contributed by atoms with Crippen molar-refractivity contribution < 1.29 is 18.5 Å². The van der Waals surface area contributed by atoms with Gasteiger partial charge in [-0.3, -0.25) is 0 Å². The van der Waals surface area contributed by atoms with Gasteiger partial charge in [-0.25, -0.2) is 9.78 Å². The van der Waals surface area contributed by atoms with Crippen LogP contribution in [0.1, 0.15) is 38.2 Å². The van der Waals surface area contributed by atoms with Crippen molar-refractivity contribution in [3.63, 3.8) is 0 Å². The van der Waals surface area contributed by atoms with E-state index in [0.717, 1.165) is 16.7 Å². The number of methoxy groups -OCH3 is 1. The molecule has 0 fully saturated rings. The molecular weight excluding hydrogens is 400 g/mol. The molecule has 6 nitrogen and oxygen atoms in total. The van der Waals surface area contributed by atoms with E-state index in [1.165, 1.54) is 0 Å². The maximum atomic E-state index is 12.7. The van der Waals surface area contributed by atoms with Crippen LogP contribution in [0.3, 0.4) is 0 Å². The van der Waals surface area contributed by atoms with E-state index in [0.29, 0.717) is 22.7 Å². The lowest BCUT2D eigenvalue weighted by Crippen LogP contribution is -2.27. The predicted molar refractivity (Wildman–Crippen MR) is 124 cm³/mol. The molecule has 2 aromatic heterocycles. The SMILES string of the molecule is CCOC(=O)c1[nH]c2ccc(OS(C)(C)C(C)(C)C)cc2c1-c1cccnc1OC. The van der Waals surface area contributed by atoms with Gasteiger partial charge in [0, 0.05) is 33.0 Å². The monoisotopic (exact) mass is 430 g/mol. The Morgan fingerprint density at radius 3 is 2.57 bits per heavy atom. The average molecular weight is 431 g/mol. The maximum Gasteiger partial charge on any atom is 0.355 e. The van der Waals surface area contributed by atoms with Crippen molar-refractivity contribution in [3.05, 3.63) is 42.2 Å². The molecule has 0 saturated carbocycles. The standard InChI is InChI=1S/C23H30N2O4S/c1-8-28-22(26)20-19(16-10-9-13-24-21(16)27-5)17-14-15(11-12-18(17)25-20)29-30(6,7)23(2,3)4/h9-14,25H,8H2,1-7H3. The molecule has 0 amide bonds. The first kappa shape index (κ1) is 22.0. The van der Waals surface area contributed by atoms with Gasteiger partial charge in [-0.15, -0.1) is 0 Å². The summed E-state index contributed by atoms with van der Waals surface area (Å²) in [4.78, 5) is 20.2. The highest BCUT2D eigenvalue weighted by Crippen LogP contribution is 2.54. The number of nitrogens with zero attached hydrogens (tertiary/aromatic N) is 1. The highest BCUT2D eigenvalue weighted by molar-refractivity contribution is 8.30. The Balaban J connectivity index is 2.22. The van der Waals surface area contributed by atoms with E-state index >= 15 is 0 Å². The molecule has 162 valence electrons. The van der Waals surface area contributed by atoms with Gasteiger partial charge in [0.05, 0.1) is 13.7 Å². The molecule has 2 heterocycles. The molecule has 0 unspecified atom stereocenters. The Labute approximate surface area is 179 Å². The predicted octanol–water partition coefficient (Wildman–Crippen LogP) is 5.57. The number of aromatic amines is 1. The number of carbonyl (C=O) groups is 1. The van der Waals surface area contributed by atoms with Gasteiger partial charge in [-0.05, 0) is 70.5 Å². The van der Waals surface area contributed by atoms with Crippen LogP contribution in [0.4, 0.5) is 0 Å². The van der Waals surface area contributed by atoms with Crippen molar-refractivity contribution >= 4 is 27.2 Å². The van der Waals surface area contributed by atoms with Crippen molar-refractivity contribution in [2.45, 2.75) is 32.4 Å². The summed E-state index contributed by atoms with van der Waals surface area (Å²) in [5, 5.41) is 0.853.